The lowest BCUT2D eigenvalue weighted by Gasteiger charge is -2.17. The third-order valence-corrected chi connectivity index (χ3v) is 3.79. The van der Waals surface area contributed by atoms with Crippen LogP contribution in [0.2, 0.25) is 0 Å². The molecule has 0 radical (unpaired) electrons. The molecule has 0 bridgehead atoms. The molecule has 1 N–H and O–H groups in total. The number of amides is 1. The second-order valence-electron chi connectivity index (χ2n) is 5.47. The Labute approximate surface area is 101 Å². The van der Waals surface area contributed by atoms with E-state index in [4.69, 9.17) is 0 Å². The van der Waals surface area contributed by atoms with Crippen molar-refractivity contribution < 1.29 is 4.79 Å². The first-order valence-corrected chi connectivity index (χ1v) is 6.46. The Morgan fingerprint density at radius 2 is 2.00 bits per heavy atom. The molecular formula is C13H19N3O. The van der Waals surface area contributed by atoms with Crippen molar-refractivity contribution in [1.82, 2.24) is 15.1 Å². The number of aryl methyl sites for hydroxylation is 2. The highest BCUT2D eigenvalue weighted by Gasteiger charge is 2.42. The van der Waals surface area contributed by atoms with Crippen LogP contribution in [0.15, 0.2) is 6.07 Å². The molecule has 3 rings (SSSR count). The Kier molecular flexibility index (Phi) is 2.45. The molecule has 4 nitrogen and oxygen atoms in total. The van der Waals surface area contributed by atoms with Crippen LogP contribution in [0.25, 0.3) is 0 Å². The van der Waals surface area contributed by atoms with E-state index in [0.717, 1.165) is 17.5 Å². The van der Waals surface area contributed by atoms with Gasteiger partial charge in [-0.25, -0.2) is 0 Å². The molecular weight excluding hydrogens is 214 g/mol. The van der Waals surface area contributed by atoms with Crippen molar-refractivity contribution in [1.29, 1.82) is 0 Å². The summed E-state index contributed by atoms with van der Waals surface area (Å²) in [5.74, 6) is 1.51. The van der Waals surface area contributed by atoms with E-state index in [1.165, 1.54) is 25.7 Å². The summed E-state index contributed by atoms with van der Waals surface area (Å²) in [6.07, 6.45) is 5.13. The summed E-state index contributed by atoms with van der Waals surface area (Å²) in [4.78, 5) is 12.2. The number of hydrogen-bond donors (Lipinski definition) is 1. The highest BCUT2D eigenvalue weighted by atomic mass is 16.2. The predicted octanol–water partition coefficient (Wildman–Crippen LogP) is 1.65. The van der Waals surface area contributed by atoms with Crippen molar-refractivity contribution in [3.63, 3.8) is 0 Å². The lowest BCUT2D eigenvalue weighted by atomic mass is 10.1. The Morgan fingerprint density at radius 1 is 1.41 bits per heavy atom. The molecule has 2 fully saturated rings. The molecule has 1 amide bonds. The molecule has 0 unspecified atom stereocenters. The smallest absolute Gasteiger partial charge is 0.269 e. The number of nitrogens with zero attached hydrogens (tertiary/aromatic N) is 2. The van der Waals surface area contributed by atoms with Gasteiger partial charge in [-0.2, -0.15) is 5.10 Å². The minimum absolute atomic E-state index is 0.0388. The molecule has 1 aromatic heterocycles. The van der Waals surface area contributed by atoms with Crippen LogP contribution in [0, 0.1) is 18.8 Å². The van der Waals surface area contributed by atoms with Crippen LogP contribution in [-0.4, -0.2) is 21.7 Å². The first kappa shape index (κ1) is 10.8. The Hall–Kier alpha value is -1.32. The predicted molar refractivity (Wildman–Crippen MR) is 64.6 cm³/mol. The number of carbonyl (C=O) groups excluding carboxylic acids is 1. The third-order valence-electron chi connectivity index (χ3n) is 3.79. The minimum atomic E-state index is 0.0388. The second kappa shape index (κ2) is 3.86. The summed E-state index contributed by atoms with van der Waals surface area (Å²) in [6, 6.07) is 2.27. The van der Waals surface area contributed by atoms with Gasteiger partial charge in [-0.1, -0.05) is 0 Å². The summed E-state index contributed by atoms with van der Waals surface area (Å²) in [5, 5.41) is 7.43. The largest absolute Gasteiger partial charge is 0.347 e. The van der Waals surface area contributed by atoms with Crippen molar-refractivity contribution in [2.75, 3.05) is 0 Å². The van der Waals surface area contributed by atoms with Crippen molar-refractivity contribution in [2.45, 2.75) is 38.6 Å². The van der Waals surface area contributed by atoms with Crippen molar-refractivity contribution in [3.05, 3.63) is 17.5 Å². The molecule has 17 heavy (non-hydrogen) atoms. The van der Waals surface area contributed by atoms with Crippen LogP contribution < -0.4 is 5.32 Å². The summed E-state index contributed by atoms with van der Waals surface area (Å²) < 4.78 is 1.67. The van der Waals surface area contributed by atoms with Gasteiger partial charge < -0.3 is 5.32 Å². The lowest BCUT2D eigenvalue weighted by Crippen LogP contribution is -2.38. The molecule has 0 saturated heterocycles. The highest BCUT2D eigenvalue weighted by molar-refractivity contribution is 5.92. The van der Waals surface area contributed by atoms with Gasteiger partial charge >= 0.3 is 0 Å². The number of hydrogen-bond acceptors (Lipinski definition) is 2. The fourth-order valence-corrected chi connectivity index (χ4v) is 2.58. The first-order chi connectivity index (χ1) is 8.15. The fourth-order valence-electron chi connectivity index (χ4n) is 2.58. The maximum atomic E-state index is 12.2. The summed E-state index contributed by atoms with van der Waals surface area (Å²) in [7, 11) is 1.82. The quantitative estimate of drug-likeness (QED) is 0.859. The maximum Gasteiger partial charge on any atom is 0.269 e. The van der Waals surface area contributed by atoms with Gasteiger partial charge in [-0.15, -0.1) is 0 Å². The van der Waals surface area contributed by atoms with Crippen LogP contribution in [0.1, 0.15) is 41.9 Å². The third kappa shape index (κ3) is 2.21. The van der Waals surface area contributed by atoms with E-state index in [2.05, 4.69) is 10.4 Å². The normalized spacial score (nSPS) is 19.7. The van der Waals surface area contributed by atoms with Gasteiger partial charge in [0, 0.05) is 13.1 Å². The van der Waals surface area contributed by atoms with Crippen LogP contribution in [0.3, 0.4) is 0 Å². The average Bonchev–Trinajstić information content (AvgIpc) is 3.13. The van der Waals surface area contributed by atoms with E-state index < -0.39 is 0 Å². The molecule has 2 aliphatic carbocycles. The zero-order valence-corrected chi connectivity index (χ0v) is 10.4. The molecule has 2 aliphatic rings. The molecule has 0 spiro atoms. The van der Waals surface area contributed by atoms with Gasteiger partial charge in [-0.05, 0) is 50.5 Å². The summed E-state index contributed by atoms with van der Waals surface area (Å²) in [6.45, 7) is 1.91. The molecule has 1 aromatic rings. The zero-order chi connectivity index (χ0) is 12.0. The summed E-state index contributed by atoms with van der Waals surface area (Å²) in [5.41, 5.74) is 1.57. The van der Waals surface area contributed by atoms with Crippen molar-refractivity contribution >= 4 is 5.91 Å². The number of aromatic nitrogens is 2. The van der Waals surface area contributed by atoms with Crippen molar-refractivity contribution in [3.8, 4) is 0 Å². The Morgan fingerprint density at radius 3 is 2.41 bits per heavy atom. The van der Waals surface area contributed by atoms with E-state index >= 15 is 0 Å². The first-order valence-electron chi connectivity index (χ1n) is 6.46. The van der Waals surface area contributed by atoms with E-state index in [-0.39, 0.29) is 5.91 Å². The minimum Gasteiger partial charge on any atom is -0.347 e. The molecule has 4 heteroatoms. The van der Waals surface area contributed by atoms with Gasteiger partial charge in [0.15, 0.2) is 0 Å². The maximum absolute atomic E-state index is 12.2. The molecule has 0 atom stereocenters. The van der Waals surface area contributed by atoms with E-state index in [1.54, 1.807) is 4.68 Å². The molecule has 0 aliphatic heterocycles. The number of carbonyl (C=O) groups is 1. The monoisotopic (exact) mass is 233 g/mol. The molecule has 92 valence electrons. The molecule has 2 saturated carbocycles. The van der Waals surface area contributed by atoms with Crippen molar-refractivity contribution in [2.24, 2.45) is 18.9 Å². The van der Waals surface area contributed by atoms with Gasteiger partial charge in [0.1, 0.15) is 5.69 Å². The zero-order valence-electron chi connectivity index (χ0n) is 10.4. The summed E-state index contributed by atoms with van der Waals surface area (Å²) >= 11 is 0. The fraction of sp³-hybridized carbons (Fsp3) is 0.692. The van der Waals surface area contributed by atoms with Gasteiger partial charge in [0.25, 0.3) is 5.91 Å². The van der Waals surface area contributed by atoms with E-state index in [1.807, 2.05) is 20.0 Å². The topological polar surface area (TPSA) is 46.9 Å². The standard InChI is InChI=1S/C13H19N3O/c1-8-7-11(16(2)15-8)13(17)14-12(9-3-4-9)10-5-6-10/h7,9-10,12H,3-6H2,1-2H3,(H,14,17). The van der Waals surface area contributed by atoms with Crippen LogP contribution in [-0.2, 0) is 7.05 Å². The van der Waals surface area contributed by atoms with Gasteiger partial charge in [0.05, 0.1) is 5.69 Å². The van der Waals surface area contributed by atoms with E-state index in [0.29, 0.717) is 11.7 Å². The highest BCUT2D eigenvalue weighted by Crippen LogP contribution is 2.44. The molecule has 1 heterocycles. The second-order valence-corrected chi connectivity index (χ2v) is 5.47. The van der Waals surface area contributed by atoms with Gasteiger partial charge in [-0.3, -0.25) is 9.48 Å². The molecule has 0 aromatic carbocycles. The van der Waals surface area contributed by atoms with E-state index in [9.17, 15) is 4.79 Å². The SMILES string of the molecule is Cc1cc(C(=O)NC(C2CC2)C2CC2)n(C)n1. The Balaban J connectivity index is 1.71. The number of nitrogens with one attached hydrogen (secondary N) is 1. The van der Waals surface area contributed by atoms with Crippen LogP contribution >= 0.6 is 0 Å². The number of rotatable bonds is 4. The van der Waals surface area contributed by atoms with Gasteiger partial charge in [0.2, 0.25) is 0 Å². The lowest BCUT2D eigenvalue weighted by molar-refractivity contribution is 0.0916. The van der Waals surface area contributed by atoms with Crippen LogP contribution in [0.5, 0.6) is 0 Å². The Bertz CT molecular complexity index is 432. The van der Waals surface area contributed by atoms with Crippen LogP contribution in [0.4, 0.5) is 0 Å². The average molecular weight is 233 g/mol.